The van der Waals surface area contributed by atoms with E-state index in [2.05, 4.69) is 17.1 Å². The molecule has 2 aromatic carbocycles. The molecule has 0 amide bonds. The summed E-state index contributed by atoms with van der Waals surface area (Å²) in [6, 6.07) is 13.9. The summed E-state index contributed by atoms with van der Waals surface area (Å²) in [5, 5.41) is 11.9. The molecule has 0 spiro atoms. The van der Waals surface area contributed by atoms with Crippen molar-refractivity contribution in [2.75, 3.05) is 0 Å². The van der Waals surface area contributed by atoms with Crippen molar-refractivity contribution in [1.29, 1.82) is 0 Å². The molecule has 0 saturated heterocycles. The van der Waals surface area contributed by atoms with E-state index < -0.39 is 0 Å². The normalized spacial score (nSPS) is 10.7. The number of phenols is 1. The van der Waals surface area contributed by atoms with Crippen LogP contribution in [-0.2, 0) is 0 Å². The molecule has 1 heterocycles. The second kappa shape index (κ2) is 4.15. The monoisotopic (exact) mass is 235 g/mol. The first-order chi connectivity index (χ1) is 8.75. The third kappa shape index (κ3) is 1.72. The Balaban J connectivity index is 2.28. The Kier molecular flexibility index (Phi) is 2.49. The third-order valence-corrected chi connectivity index (χ3v) is 3.19. The maximum atomic E-state index is 9.59. The van der Waals surface area contributed by atoms with Gasteiger partial charge < -0.3 is 5.11 Å². The van der Waals surface area contributed by atoms with Gasteiger partial charge in [-0.15, -0.1) is 0 Å². The van der Waals surface area contributed by atoms with E-state index in [1.165, 1.54) is 5.39 Å². The van der Waals surface area contributed by atoms with Gasteiger partial charge in [-0.25, -0.2) is 0 Å². The molecule has 2 nitrogen and oxygen atoms in total. The number of fused-ring (bicyclic) bond motifs is 1. The number of hydrogen-bond donors (Lipinski definition) is 1. The maximum absolute atomic E-state index is 9.59. The van der Waals surface area contributed by atoms with Crippen molar-refractivity contribution in [3.05, 3.63) is 60.4 Å². The van der Waals surface area contributed by atoms with Crippen molar-refractivity contribution in [1.82, 2.24) is 4.98 Å². The molecular weight excluding hydrogens is 222 g/mol. The van der Waals surface area contributed by atoms with Gasteiger partial charge in [0.2, 0.25) is 0 Å². The van der Waals surface area contributed by atoms with Crippen molar-refractivity contribution in [3.8, 4) is 16.9 Å². The highest BCUT2D eigenvalue weighted by atomic mass is 16.3. The summed E-state index contributed by atoms with van der Waals surface area (Å²) in [4.78, 5) is 4.14. The number of aromatic hydroxyl groups is 1. The van der Waals surface area contributed by atoms with Gasteiger partial charge in [0.05, 0.1) is 0 Å². The second-order valence-electron chi connectivity index (χ2n) is 4.40. The van der Waals surface area contributed by atoms with Crippen LogP contribution in [0, 0.1) is 6.92 Å². The molecule has 1 aromatic heterocycles. The van der Waals surface area contributed by atoms with Crippen LogP contribution in [-0.4, -0.2) is 10.1 Å². The fourth-order valence-electron chi connectivity index (χ4n) is 2.20. The Hall–Kier alpha value is -2.35. The summed E-state index contributed by atoms with van der Waals surface area (Å²) in [5.74, 6) is 0.334. The fourth-order valence-corrected chi connectivity index (χ4v) is 2.20. The minimum absolute atomic E-state index is 0.334. The van der Waals surface area contributed by atoms with Crippen LogP contribution in [0.4, 0.5) is 0 Å². The van der Waals surface area contributed by atoms with Crippen molar-refractivity contribution >= 4 is 10.8 Å². The molecule has 0 atom stereocenters. The SMILES string of the molecule is Cc1cc(-c2cccc3cnccc23)ccc1O. The first-order valence-corrected chi connectivity index (χ1v) is 5.88. The Morgan fingerprint density at radius 3 is 2.78 bits per heavy atom. The molecule has 88 valence electrons. The van der Waals surface area contributed by atoms with Crippen LogP contribution in [0.2, 0.25) is 0 Å². The van der Waals surface area contributed by atoms with Crippen LogP contribution in [0.3, 0.4) is 0 Å². The highest BCUT2D eigenvalue weighted by molar-refractivity contribution is 5.96. The lowest BCUT2D eigenvalue weighted by atomic mass is 9.98. The van der Waals surface area contributed by atoms with Gasteiger partial charge in [0, 0.05) is 17.8 Å². The topological polar surface area (TPSA) is 33.1 Å². The van der Waals surface area contributed by atoms with Crippen molar-refractivity contribution in [3.63, 3.8) is 0 Å². The fraction of sp³-hybridized carbons (Fsp3) is 0.0625. The molecule has 2 heteroatoms. The third-order valence-electron chi connectivity index (χ3n) is 3.19. The number of phenolic OH excluding ortho intramolecular Hbond substituents is 1. The molecule has 1 N–H and O–H groups in total. The molecule has 18 heavy (non-hydrogen) atoms. The predicted molar refractivity (Wildman–Crippen MR) is 73.6 cm³/mol. The van der Waals surface area contributed by atoms with E-state index in [9.17, 15) is 5.11 Å². The van der Waals surface area contributed by atoms with Gasteiger partial charge in [0.25, 0.3) is 0 Å². The summed E-state index contributed by atoms with van der Waals surface area (Å²) < 4.78 is 0. The minimum Gasteiger partial charge on any atom is -0.508 e. The summed E-state index contributed by atoms with van der Waals surface area (Å²) in [5.41, 5.74) is 3.17. The van der Waals surface area contributed by atoms with Crippen LogP contribution in [0.1, 0.15) is 5.56 Å². The zero-order valence-electron chi connectivity index (χ0n) is 10.1. The van der Waals surface area contributed by atoms with Gasteiger partial charge in [-0.05, 0) is 47.2 Å². The molecule has 3 aromatic rings. The molecule has 0 unspecified atom stereocenters. The molecule has 0 aliphatic carbocycles. The summed E-state index contributed by atoms with van der Waals surface area (Å²) in [6.07, 6.45) is 3.67. The lowest BCUT2D eigenvalue weighted by Crippen LogP contribution is -1.84. The smallest absolute Gasteiger partial charge is 0.118 e. The molecule has 0 radical (unpaired) electrons. The van der Waals surface area contributed by atoms with Gasteiger partial charge in [-0.2, -0.15) is 0 Å². The number of hydrogen-bond acceptors (Lipinski definition) is 2. The molecule has 0 bridgehead atoms. The second-order valence-corrected chi connectivity index (χ2v) is 4.40. The van der Waals surface area contributed by atoms with E-state index in [4.69, 9.17) is 0 Å². The van der Waals surface area contributed by atoms with Crippen LogP contribution in [0.5, 0.6) is 5.75 Å². The maximum Gasteiger partial charge on any atom is 0.118 e. The minimum atomic E-state index is 0.334. The number of pyridine rings is 1. The Bertz CT molecular complexity index is 714. The lowest BCUT2D eigenvalue weighted by Gasteiger charge is -2.08. The molecular formula is C16H13NO. The summed E-state index contributed by atoms with van der Waals surface area (Å²) in [7, 11) is 0. The number of rotatable bonds is 1. The molecule has 0 aliphatic heterocycles. The standard InChI is InChI=1S/C16H13NO/c1-11-9-12(5-6-16(11)18)14-4-2-3-13-10-17-8-7-15(13)14/h2-10,18H,1H3. The van der Waals surface area contributed by atoms with E-state index >= 15 is 0 Å². The quantitative estimate of drug-likeness (QED) is 0.693. The predicted octanol–water partition coefficient (Wildman–Crippen LogP) is 3.92. The van der Waals surface area contributed by atoms with E-state index in [0.29, 0.717) is 5.75 Å². The van der Waals surface area contributed by atoms with E-state index in [-0.39, 0.29) is 0 Å². The van der Waals surface area contributed by atoms with E-state index in [0.717, 1.165) is 22.1 Å². The first-order valence-electron chi connectivity index (χ1n) is 5.88. The first kappa shape index (κ1) is 10.8. The molecule has 3 rings (SSSR count). The Labute approximate surface area is 106 Å². The Morgan fingerprint density at radius 1 is 1.06 bits per heavy atom. The highest BCUT2D eigenvalue weighted by Crippen LogP contribution is 2.30. The molecule has 0 aliphatic rings. The number of nitrogens with zero attached hydrogens (tertiary/aromatic N) is 1. The zero-order valence-corrected chi connectivity index (χ0v) is 10.1. The molecule has 0 fully saturated rings. The van der Waals surface area contributed by atoms with Crippen molar-refractivity contribution < 1.29 is 5.11 Å². The number of benzene rings is 2. The van der Waals surface area contributed by atoms with Gasteiger partial charge in [0.1, 0.15) is 5.75 Å². The van der Waals surface area contributed by atoms with Crippen molar-refractivity contribution in [2.24, 2.45) is 0 Å². The van der Waals surface area contributed by atoms with E-state index in [1.807, 2.05) is 37.4 Å². The number of aromatic nitrogens is 1. The lowest BCUT2D eigenvalue weighted by molar-refractivity contribution is 0.471. The largest absolute Gasteiger partial charge is 0.508 e. The average Bonchev–Trinajstić information content (AvgIpc) is 2.41. The average molecular weight is 235 g/mol. The van der Waals surface area contributed by atoms with Crippen molar-refractivity contribution in [2.45, 2.75) is 6.92 Å². The van der Waals surface area contributed by atoms with Gasteiger partial charge >= 0.3 is 0 Å². The molecule has 0 saturated carbocycles. The van der Waals surface area contributed by atoms with Gasteiger partial charge in [-0.3, -0.25) is 4.98 Å². The van der Waals surface area contributed by atoms with E-state index in [1.54, 1.807) is 12.3 Å². The number of aryl methyl sites for hydroxylation is 1. The highest BCUT2D eigenvalue weighted by Gasteiger charge is 2.05. The van der Waals surface area contributed by atoms with Crippen LogP contribution in [0.15, 0.2) is 54.9 Å². The van der Waals surface area contributed by atoms with Gasteiger partial charge in [-0.1, -0.05) is 24.3 Å². The van der Waals surface area contributed by atoms with Crippen LogP contribution >= 0.6 is 0 Å². The Morgan fingerprint density at radius 2 is 1.94 bits per heavy atom. The van der Waals surface area contributed by atoms with Crippen LogP contribution in [0.25, 0.3) is 21.9 Å². The zero-order chi connectivity index (χ0) is 12.5. The van der Waals surface area contributed by atoms with Gasteiger partial charge in [0.15, 0.2) is 0 Å². The summed E-state index contributed by atoms with van der Waals surface area (Å²) >= 11 is 0. The summed E-state index contributed by atoms with van der Waals surface area (Å²) in [6.45, 7) is 1.91. The van der Waals surface area contributed by atoms with Crippen LogP contribution < -0.4 is 0 Å².